The number of nitrogens with one attached hydrogen (secondary N) is 1. The lowest BCUT2D eigenvalue weighted by Gasteiger charge is -2.46. The molecule has 1 N–H and O–H groups in total. The third kappa shape index (κ3) is 2.77. The molecule has 1 saturated heterocycles. The molecule has 4 rings (SSSR count). The van der Waals surface area contributed by atoms with Gasteiger partial charge in [0.05, 0.1) is 5.54 Å². The van der Waals surface area contributed by atoms with Crippen molar-refractivity contribution in [3.05, 3.63) is 77.0 Å². The number of hydrogen-bond donors (Lipinski definition) is 1. The number of rotatable bonds is 2. The van der Waals surface area contributed by atoms with Crippen LogP contribution in [0.2, 0.25) is 0 Å². The lowest BCUT2D eigenvalue weighted by atomic mass is 9.75. The SMILES string of the molecule is O=C=C1Cc2ccccc2C2(CCN(Cc3ccccc3)CC2)N1. The van der Waals surface area contributed by atoms with E-state index >= 15 is 0 Å². The van der Waals surface area contributed by atoms with Crippen LogP contribution in [0.15, 0.2) is 60.3 Å². The van der Waals surface area contributed by atoms with Crippen LogP contribution in [0.4, 0.5) is 0 Å². The Balaban J connectivity index is 1.54. The average Bonchev–Trinajstić information content (AvgIpc) is 2.64. The highest BCUT2D eigenvalue weighted by atomic mass is 16.1. The molecule has 0 atom stereocenters. The maximum absolute atomic E-state index is 11.3. The lowest BCUT2D eigenvalue weighted by molar-refractivity contribution is 0.132. The molecule has 0 bridgehead atoms. The second kappa shape index (κ2) is 6.27. The van der Waals surface area contributed by atoms with Crippen LogP contribution in [0.25, 0.3) is 0 Å². The summed E-state index contributed by atoms with van der Waals surface area (Å²) in [6, 6.07) is 19.2. The van der Waals surface area contributed by atoms with Gasteiger partial charge in [-0.05, 0) is 29.5 Å². The Kier molecular flexibility index (Phi) is 3.97. The van der Waals surface area contributed by atoms with Gasteiger partial charge in [0.25, 0.3) is 0 Å². The molecule has 3 heteroatoms. The number of benzene rings is 2. The molecule has 122 valence electrons. The lowest BCUT2D eigenvalue weighted by Crippen LogP contribution is -2.53. The van der Waals surface area contributed by atoms with Gasteiger partial charge in [0.2, 0.25) is 0 Å². The fourth-order valence-electron chi connectivity index (χ4n) is 4.12. The Morgan fingerprint density at radius 2 is 1.71 bits per heavy atom. The molecule has 3 nitrogen and oxygen atoms in total. The number of likely N-dealkylation sites (tertiary alicyclic amines) is 1. The van der Waals surface area contributed by atoms with Gasteiger partial charge in [-0.25, -0.2) is 4.79 Å². The molecule has 24 heavy (non-hydrogen) atoms. The van der Waals surface area contributed by atoms with Crippen molar-refractivity contribution in [1.82, 2.24) is 10.2 Å². The van der Waals surface area contributed by atoms with Crippen LogP contribution in [-0.2, 0) is 23.3 Å². The molecule has 1 spiro atoms. The molecule has 0 saturated carbocycles. The first-order valence-electron chi connectivity index (χ1n) is 8.66. The second-order valence-electron chi connectivity index (χ2n) is 6.88. The highest BCUT2D eigenvalue weighted by molar-refractivity contribution is 5.57. The number of piperidine rings is 1. The molecule has 2 aliphatic heterocycles. The third-order valence-electron chi connectivity index (χ3n) is 5.37. The van der Waals surface area contributed by atoms with Gasteiger partial charge in [0.1, 0.15) is 11.6 Å². The summed E-state index contributed by atoms with van der Waals surface area (Å²) >= 11 is 0. The van der Waals surface area contributed by atoms with Crippen molar-refractivity contribution in [2.45, 2.75) is 31.3 Å². The molecule has 0 aliphatic carbocycles. The van der Waals surface area contributed by atoms with Crippen LogP contribution in [0.5, 0.6) is 0 Å². The van der Waals surface area contributed by atoms with E-state index in [2.05, 4.69) is 70.8 Å². The monoisotopic (exact) mass is 318 g/mol. The zero-order chi connectivity index (χ0) is 16.4. The van der Waals surface area contributed by atoms with Crippen molar-refractivity contribution in [3.63, 3.8) is 0 Å². The fourth-order valence-corrected chi connectivity index (χ4v) is 4.12. The minimum absolute atomic E-state index is 0.102. The van der Waals surface area contributed by atoms with Crippen LogP contribution in [0.1, 0.15) is 29.5 Å². The maximum atomic E-state index is 11.3. The van der Waals surface area contributed by atoms with E-state index in [1.54, 1.807) is 0 Å². The summed E-state index contributed by atoms with van der Waals surface area (Å²) in [5, 5.41) is 3.53. The minimum Gasteiger partial charge on any atom is -0.370 e. The molecule has 0 unspecified atom stereocenters. The molecule has 2 aliphatic rings. The first kappa shape index (κ1) is 15.2. The van der Waals surface area contributed by atoms with Gasteiger partial charge in [-0.2, -0.15) is 0 Å². The highest BCUT2D eigenvalue weighted by Crippen LogP contribution is 2.39. The summed E-state index contributed by atoms with van der Waals surface area (Å²) in [6.07, 6.45) is 2.71. The molecular weight excluding hydrogens is 296 g/mol. The van der Waals surface area contributed by atoms with Crippen LogP contribution in [-0.4, -0.2) is 23.9 Å². The minimum atomic E-state index is -0.102. The third-order valence-corrected chi connectivity index (χ3v) is 5.37. The molecule has 1 fully saturated rings. The highest BCUT2D eigenvalue weighted by Gasteiger charge is 2.40. The Hall–Kier alpha value is -2.35. The van der Waals surface area contributed by atoms with E-state index in [0.29, 0.717) is 12.1 Å². The summed E-state index contributed by atoms with van der Waals surface area (Å²) < 4.78 is 0. The quantitative estimate of drug-likeness (QED) is 0.864. The average molecular weight is 318 g/mol. The van der Waals surface area contributed by atoms with Crippen LogP contribution >= 0.6 is 0 Å². The van der Waals surface area contributed by atoms with Gasteiger partial charge in [-0.1, -0.05) is 54.6 Å². The first-order chi connectivity index (χ1) is 11.8. The van der Waals surface area contributed by atoms with Gasteiger partial charge in [0, 0.05) is 26.1 Å². The van der Waals surface area contributed by atoms with Crippen molar-refractivity contribution in [1.29, 1.82) is 0 Å². The number of nitrogens with zero attached hydrogens (tertiary/aromatic N) is 1. The number of allylic oxidation sites excluding steroid dienone is 1. The van der Waals surface area contributed by atoms with Gasteiger partial charge in [-0.3, -0.25) is 4.90 Å². The van der Waals surface area contributed by atoms with Crippen LogP contribution in [0, 0.1) is 0 Å². The summed E-state index contributed by atoms with van der Waals surface area (Å²) in [4.78, 5) is 13.8. The van der Waals surface area contributed by atoms with E-state index in [1.165, 1.54) is 16.7 Å². The zero-order valence-electron chi connectivity index (χ0n) is 13.8. The van der Waals surface area contributed by atoms with Crippen LogP contribution in [0.3, 0.4) is 0 Å². The van der Waals surface area contributed by atoms with Gasteiger partial charge in [0.15, 0.2) is 0 Å². The first-order valence-corrected chi connectivity index (χ1v) is 8.66. The van der Waals surface area contributed by atoms with E-state index in [-0.39, 0.29) is 5.54 Å². The molecule has 0 amide bonds. The largest absolute Gasteiger partial charge is 0.370 e. The molecule has 2 aromatic carbocycles. The van der Waals surface area contributed by atoms with Crippen molar-refractivity contribution in [2.24, 2.45) is 0 Å². The molecular formula is C21H22N2O. The zero-order valence-corrected chi connectivity index (χ0v) is 13.8. The normalized spacial score (nSPS) is 19.4. The Morgan fingerprint density at radius 3 is 2.46 bits per heavy atom. The predicted octanol–water partition coefficient (Wildman–Crippen LogP) is 3.04. The summed E-state index contributed by atoms with van der Waals surface area (Å²) in [5.74, 6) is 2.11. The molecule has 2 heterocycles. The van der Waals surface area contributed by atoms with E-state index in [1.807, 2.05) is 0 Å². The van der Waals surface area contributed by atoms with Crippen molar-refractivity contribution < 1.29 is 4.79 Å². The number of carbonyl (C=O) groups excluding carboxylic acids is 1. The maximum Gasteiger partial charge on any atom is 0.145 e. The Morgan fingerprint density at radius 1 is 1.00 bits per heavy atom. The second-order valence-corrected chi connectivity index (χ2v) is 6.88. The van der Waals surface area contributed by atoms with E-state index in [4.69, 9.17) is 0 Å². The predicted molar refractivity (Wildman–Crippen MR) is 95.1 cm³/mol. The smallest absolute Gasteiger partial charge is 0.145 e. The Bertz CT molecular complexity index is 769. The molecule has 0 aromatic heterocycles. The molecule has 2 aromatic rings. The van der Waals surface area contributed by atoms with Gasteiger partial charge < -0.3 is 5.32 Å². The Labute approximate surface area is 143 Å². The number of fused-ring (bicyclic) bond motifs is 2. The van der Waals surface area contributed by atoms with E-state index in [0.717, 1.165) is 32.5 Å². The van der Waals surface area contributed by atoms with Gasteiger partial charge in [-0.15, -0.1) is 0 Å². The molecule has 0 radical (unpaired) electrons. The van der Waals surface area contributed by atoms with Crippen molar-refractivity contribution in [3.8, 4) is 0 Å². The number of hydrogen-bond acceptors (Lipinski definition) is 3. The van der Waals surface area contributed by atoms with E-state index < -0.39 is 0 Å². The van der Waals surface area contributed by atoms with Crippen molar-refractivity contribution in [2.75, 3.05) is 13.1 Å². The topological polar surface area (TPSA) is 32.3 Å². The van der Waals surface area contributed by atoms with E-state index in [9.17, 15) is 4.79 Å². The summed E-state index contributed by atoms with van der Waals surface area (Å²) in [7, 11) is 0. The summed E-state index contributed by atoms with van der Waals surface area (Å²) in [6.45, 7) is 3.06. The standard InChI is InChI=1S/C21H22N2O/c24-16-19-14-18-8-4-5-9-20(18)21(22-19)10-12-23(13-11-21)15-17-6-2-1-3-7-17/h1-9,22H,10-15H2. The summed E-state index contributed by atoms with van der Waals surface area (Å²) in [5.41, 5.74) is 4.59. The van der Waals surface area contributed by atoms with Gasteiger partial charge >= 0.3 is 0 Å². The fraction of sp³-hybridized carbons (Fsp3) is 0.333. The van der Waals surface area contributed by atoms with Crippen molar-refractivity contribution >= 4 is 5.94 Å². The van der Waals surface area contributed by atoms with Crippen LogP contribution < -0.4 is 5.32 Å².